The van der Waals surface area contributed by atoms with Gasteiger partial charge in [-0.2, -0.15) is 0 Å². The number of hydrogen-bond donors (Lipinski definition) is 1. The van der Waals surface area contributed by atoms with Crippen LogP contribution in [0.4, 0.5) is 5.69 Å². The minimum absolute atomic E-state index is 0.0501. The fourth-order valence-corrected chi connectivity index (χ4v) is 6.87. The molecule has 5 nitrogen and oxygen atoms in total. The zero-order valence-corrected chi connectivity index (χ0v) is 18.7. The molecule has 30 heavy (non-hydrogen) atoms. The van der Waals surface area contributed by atoms with Gasteiger partial charge in [0.25, 0.3) is 5.22 Å². The molecule has 4 bridgehead atoms. The number of nitrogens with zero attached hydrogens (tertiary/aromatic N) is 2. The highest BCUT2D eigenvalue weighted by Gasteiger charge is 2.54. The Labute approximate surface area is 182 Å². The summed E-state index contributed by atoms with van der Waals surface area (Å²) in [6, 6.07) is 8.13. The first-order chi connectivity index (χ1) is 14.5. The van der Waals surface area contributed by atoms with Crippen LogP contribution in [0.25, 0.3) is 0 Å². The molecule has 0 radical (unpaired) electrons. The van der Waals surface area contributed by atoms with Crippen LogP contribution in [-0.2, 0) is 10.2 Å². The Hall–Kier alpha value is -1.82. The molecule has 1 atom stereocenters. The summed E-state index contributed by atoms with van der Waals surface area (Å²) in [5.41, 5.74) is 2.24. The van der Waals surface area contributed by atoms with Crippen LogP contribution in [0.3, 0.4) is 0 Å². The maximum absolute atomic E-state index is 12.4. The van der Waals surface area contributed by atoms with Gasteiger partial charge < -0.3 is 9.73 Å². The van der Waals surface area contributed by atoms with E-state index in [4.69, 9.17) is 4.42 Å². The first-order valence-electron chi connectivity index (χ1n) is 11.4. The molecule has 1 aromatic heterocycles. The zero-order chi connectivity index (χ0) is 20.7. The highest BCUT2D eigenvalue weighted by Crippen LogP contribution is 2.60. The third-order valence-corrected chi connectivity index (χ3v) is 8.42. The molecule has 1 amide bonds. The number of thioether (sulfide) groups is 1. The van der Waals surface area contributed by atoms with Crippen molar-refractivity contribution in [3.63, 3.8) is 0 Å². The number of benzene rings is 1. The van der Waals surface area contributed by atoms with Gasteiger partial charge in [-0.15, -0.1) is 10.2 Å². The van der Waals surface area contributed by atoms with Crippen molar-refractivity contribution in [3.8, 4) is 0 Å². The maximum Gasteiger partial charge on any atom is 0.277 e. The van der Waals surface area contributed by atoms with Crippen molar-refractivity contribution < 1.29 is 9.21 Å². The van der Waals surface area contributed by atoms with Crippen molar-refractivity contribution in [2.45, 2.75) is 75.3 Å². The van der Waals surface area contributed by atoms with E-state index in [0.29, 0.717) is 11.1 Å². The van der Waals surface area contributed by atoms with Crippen LogP contribution < -0.4 is 5.32 Å². The molecule has 1 N–H and O–H groups in total. The third-order valence-electron chi connectivity index (χ3n) is 7.60. The van der Waals surface area contributed by atoms with E-state index in [2.05, 4.69) is 41.5 Å². The van der Waals surface area contributed by atoms with Gasteiger partial charge >= 0.3 is 0 Å². The second-order valence-corrected chi connectivity index (χ2v) is 10.8. The number of aromatic nitrogens is 2. The molecule has 1 heterocycles. The van der Waals surface area contributed by atoms with Crippen molar-refractivity contribution in [2.24, 2.45) is 17.8 Å². The van der Waals surface area contributed by atoms with E-state index in [1.54, 1.807) is 0 Å². The van der Waals surface area contributed by atoms with Crippen LogP contribution in [0.5, 0.6) is 0 Å². The lowest BCUT2D eigenvalue weighted by Crippen LogP contribution is -2.48. The van der Waals surface area contributed by atoms with Crippen LogP contribution in [0.1, 0.15) is 76.2 Å². The lowest BCUT2D eigenvalue weighted by molar-refractivity contribution is -0.113. The largest absolute Gasteiger partial charge is 0.415 e. The van der Waals surface area contributed by atoms with E-state index in [0.717, 1.165) is 35.8 Å². The molecule has 0 aliphatic heterocycles. The maximum atomic E-state index is 12.4. The van der Waals surface area contributed by atoms with E-state index in [9.17, 15) is 4.79 Å². The van der Waals surface area contributed by atoms with Gasteiger partial charge in [0.1, 0.15) is 0 Å². The van der Waals surface area contributed by atoms with Crippen LogP contribution in [0, 0.1) is 17.8 Å². The fraction of sp³-hybridized carbons (Fsp3) is 0.625. The van der Waals surface area contributed by atoms with Gasteiger partial charge in [0, 0.05) is 11.1 Å². The summed E-state index contributed by atoms with van der Waals surface area (Å²) in [6.45, 7) is 4.40. The summed E-state index contributed by atoms with van der Waals surface area (Å²) in [5.74, 6) is 4.11. The summed E-state index contributed by atoms with van der Waals surface area (Å²) < 4.78 is 6.08. The summed E-state index contributed by atoms with van der Waals surface area (Å²) >= 11 is 1.33. The smallest absolute Gasteiger partial charge is 0.277 e. The molecule has 2 aromatic rings. The van der Waals surface area contributed by atoms with Crippen molar-refractivity contribution >= 4 is 23.4 Å². The summed E-state index contributed by atoms with van der Waals surface area (Å²) in [7, 11) is 0. The predicted octanol–water partition coefficient (Wildman–Crippen LogP) is 5.78. The van der Waals surface area contributed by atoms with E-state index in [1.807, 2.05) is 12.1 Å². The van der Waals surface area contributed by atoms with Crippen LogP contribution in [0.2, 0.25) is 0 Å². The van der Waals surface area contributed by atoms with Crippen LogP contribution >= 0.6 is 11.8 Å². The van der Waals surface area contributed by atoms with E-state index in [-0.39, 0.29) is 17.1 Å². The molecular weight excluding hydrogens is 394 g/mol. The second kappa shape index (κ2) is 8.03. The molecular formula is C24H31N3O2S. The highest BCUT2D eigenvalue weighted by atomic mass is 32.2. The van der Waals surface area contributed by atoms with Crippen molar-refractivity contribution in [3.05, 3.63) is 35.7 Å². The quantitative estimate of drug-likeness (QED) is 0.569. The summed E-state index contributed by atoms with van der Waals surface area (Å²) in [5, 5.41) is 12.2. The highest BCUT2D eigenvalue weighted by molar-refractivity contribution is 7.99. The molecule has 160 valence electrons. The van der Waals surface area contributed by atoms with E-state index >= 15 is 0 Å². The Morgan fingerprint density at radius 3 is 2.37 bits per heavy atom. The van der Waals surface area contributed by atoms with Crippen molar-refractivity contribution in [2.75, 3.05) is 11.1 Å². The molecule has 4 fully saturated rings. The molecule has 6 rings (SSSR count). The fourth-order valence-electron chi connectivity index (χ4n) is 6.31. The van der Waals surface area contributed by atoms with Gasteiger partial charge in [-0.25, -0.2) is 0 Å². The molecule has 0 saturated heterocycles. The normalized spacial score (nSPS) is 30.4. The van der Waals surface area contributed by atoms with Gasteiger partial charge in [-0.1, -0.05) is 37.7 Å². The molecule has 4 aliphatic rings. The van der Waals surface area contributed by atoms with Gasteiger partial charge in [0.15, 0.2) is 0 Å². The zero-order valence-electron chi connectivity index (χ0n) is 17.9. The van der Waals surface area contributed by atoms with Gasteiger partial charge in [-0.3, -0.25) is 4.79 Å². The number of anilines is 1. The van der Waals surface area contributed by atoms with E-state index < -0.39 is 0 Å². The molecule has 4 aliphatic carbocycles. The summed E-state index contributed by atoms with van der Waals surface area (Å²) in [4.78, 5) is 12.4. The summed E-state index contributed by atoms with van der Waals surface area (Å²) in [6.07, 6.45) is 8.92. The lowest BCUT2D eigenvalue weighted by atomic mass is 9.49. The second-order valence-electron chi connectivity index (χ2n) is 9.84. The number of rotatable bonds is 7. The number of nitrogens with one attached hydrogen (secondary N) is 1. The first kappa shape index (κ1) is 20.1. The average molecular weight is 426 g/mol. The van der Waals surface area contributed by atoms with Gasteiger partial charge in [-0.05, 0) is 86.3 Å². The van der Waals surface area contributed by atoms with Crippen LogP contribution in [0.15, 0.2) is 33.9 Å². The molecule has 4 saturated carbocycles. The molecule has 0 unspecified atom stereocenters. The van der Waals surface area contributed by atoms with Gasteiger partial charge in [0.05, 0.1) is 5.75 Å². The molecule has 1 aromatic carbocycles. The Balaban J connectivity index is 1.17. The minimum atomic E-state index is -0.0501. The Morgan fingerprint density at radius 1 is 1.13 bits per heavy atom. The Morgan fingerprint density at radius 2 is 1.77 bits per heavy atom. The molecule has 6 heteroatoms. The third kappa shape index (κ3) is 3.91. The standard InChI is InChI=1S/C24H31N3O2S/c1-3-15(2)19-4-6-20(7-5-19)25-21(28)14-30-23-27-26-22(29-23)24-11-16-8-17(12-24)10-18(9-16)13-24/h4-7,15-18H,3,8-14H2,1-2H3,(H,25,28)/t15-,16?,17?,18?,24?/m0/s1. The monoisotopic (exact) mass is 425 g/mol. The van der Waals surface area contributed by atoms with E-state index in [1.165, 1.54) is 55.9 Å². The van der Waals surface area contributed by atoms with Crippen molar-refractivity contribution in [1.82, 2.24) is 10.2 Å². The predicted molar refractivity (Wildman–Crippen MR) is 119 cm³/mol. The SMILES string of the molecule is CC[C@H](C)c1ccc(NC(=O)CSc2nnc(C34CC5CC(CC(C5)C3)C4)o2)cc1. The average Bonchev–Trinajstić information content (AvgIpc) is 3.21. The number of hydrogen-bond acceptors (Lipinski definition) is 5. The lowest BCUT2D eigenvalue weighted by Gasteiger charge is -2.55. The molecule has 0 spiro atoms. The first-order valence-corrected chi connectivity index (χ1v) is 12.4. The topological polar surface area (TPSA) is 68.0 Å². The Kier molecular flexibility index (Phi) is 5.38. The number of amides is 1. The van der Waals surface area contributed by atoms with Crippen molar-refractivity contribution in [1.29, 1.82) is 0 Å². The Bertz CT molecular complexity index is 872. The van der Waals surface area contributed by atoms with Gasteiger partial charge in [0.2, 0.25) is 11.8 Å². The van der Waals surface area contributed by atoms with Crippen LogP contribution in [-0.4, -0.2) is 21.9 Å². The number of carbonyl (C=O) groups is 1. The number of carbonyl (C=O) groups excluding carboxylic acids is 1. The minimum Gasteiger partial charge on any atom is -0.415 e.